The fourth-order valence-corrected chi connectivity index (χ4v) is 0.423. The van der Waals surface area contributed by atoms with Gasteiger partial charge in [-0.15, -0.1) is 0 Å². The van der Waals surface area contributed by atoms with Gasteiger partial charge in [-0.1, -0.05) is 13.2 Å². The second-order valence-corrected chi connectivity index (χ2v) is 2.46. The van der Waals surface area contributed by atoms with Crippen LogP contribution in [0.15, 0.2) is 24.3 Å². The molecule has 0 aromatic carbocycles. The summed E-state index contributed by atoms with van der Waals surface area (Å²) in [5.41, 5.74) is 0.539. The lowest BCUT2D eigenvalue weighted by molar-refractivity contribution is -0.141. The highest BCUT2D eigenvalue weighted by Crippen LogP contribution is 2.05. The van der Waals surface area contributed by atoms with E-state index >= 15 is 0 Å². The van der Waals surface area contributed by atoms with Crippen molar-refractivity contribution in [3.63, 3.8) is 0 Å². The molecule has 0 spiro atoms. The molecule has 0 fully saturated rings. The molecule has 0 aliphatic carbocycles. The molecular formula is C9H11NO2. The van der Waals surface area contributed by atoms with Crippen LogP contribution < -0.4 is 0 Å². The Morgan fingerprint density at radius 1 is 1.58 bits per heavy atom. The van der Waals surface area contributed by atoms with Gasteiger partial charge in [-0.05, 0) is 13.8 Å². The van der Waals surface area contributed by atoms with Gasteiger partial charge in [0.25, 0.3) is 0 Å². The third kappa shape index (κ3) is 3.02. The van der Waals surface area contributed by atoms with E-state index in [1.54, 1.807) is 13.8 Å². The lowest BCUT2D eigenvalue weighted by Gasteiger charge is -2.10. The van der Waals surface area contributed by atoms with E-state index in [-0.39, 0.29) is 5.57 Å². The second-order valence-electron chi connectivity index (χ2n) is 2.46. The summed E-state index contributed by atoms with van der Waals surface area (Å²) in [5, 5.41) is 8.39. The average molecular weight is 165 g/mol. The van der Waals surface area contributed by atoms with Crippen LogP contribution in [0.25, 0.3) is 0 Å². The normalized spacial score (nSPS) is 11.1. The van der Waals surface area contributed by atoms with E-state index < -0.39 is 12.1 Å². The summed E-state index contributed by atoms with van der Waals surface area (Å²) in [4.78, 5) is 10.9. The van der Waals surface area contributed by atoms with E-state index in [0.29, 0.717) is 5.57 Å². The van der Waals surface area contributed by atoms with Crippen molar-refractivity contribution in [2.75, 3.05) is 0 Å². The number of nitrogens with zero attached hydrogens (tertiary/aromatic N) is 1. The molecule has 1 unspecified atom stereocenters. The average Bonchev–Trinajstić information content (AvgIpc) is 2.02. The summed E-state index contributed by atoms with van der Waals surface area (Å²) in [5.74, 6) is -0.501. The molecule has 0 aromatic heterocycles. The Hall–Kier alpha value is -1.56. The molecule has 0 bridgehead atoms. The van der Waals surface area contributed by atoms with Crippen molar-refractivity contribution in [1.29, 1.82) is 5.26 Å². The third-order valence-corrected chi connectivity index (χ3v) is 1.27. The van der Waals surface area contributed by atoms with Crippen LogP contribution in [-0.2, 0) is 9.53 Å². The van der Waals surface area contributed by atoms with Crippen molar-refractivity contribution in [3.8, 4) is 6.07 Å². The highest BCUT2D eigenvalue weighted by molar-refractivity contribution is 5.87. The van der Waals surface area contributed by atoms with Crippen LogP contribution >= 0.6 is 0 Å². The summed E-state index contributed by atoms with van der Waals surface area (Å²) in [6.45, 7) is 9.96. The molecule has 0 rings (SSSR count). The van der Waals surface area contributed by atoms with Crippen molar-refractivity contribution in [1.82, 2.24) is 0 Å². The lowest BCUT2D eigenvalue weighted by atomic mass is 10.2. The van der Waals surface area contributed by atoms with E-state index in [0.717, 1.165) is 0 Å². The predicted octanol–water partition coefficient (Wildman–Crippen LogP) is 1.57. The molecule has 0 saturated carbocycles. The Labute approximate surface area is 71.9 Å². The van der Waals surface area contributed by atoms with Crippen molar-refractivity contribution < 1.29 is 9.53 Å². The molecule has 0 aliphatic heterocycles. The SMILES string of the molecule is C=C(C)C(=O)OC(C)C(=C)C#N. The maximum absolute atomic E-state index is 10.9. The van der Waals surface area contributed by atoms with Gasteiger partial charge in [0, 0.05) is 5.57 Å². The van der Waals surface area contributed by atoms with Gasteiger partial charge in [0.15, 0.2) is 0 Å². The Kier molecular flexibility index (Phi) is 3.78. The van der Waals surface area contributed by atoms with E-state index in [1.165, 1.54) is 0 Å². The molecule has 3 heteroatoms. The number of rotatable bonds is 3. The maximum atomic E-state index is 10.9. The fourth-order valence-electron chi connectivity index (χ4n) is 0.423. The minimum absolute atomic E-state index is 0.226. The number of carbonyl (C=O) groups excluding carboxylic acids is 1. The summed E-state index contributed by atoms with van der Waals surface area (Å²) in [7, 11) is 0. The number of hydrogen-bond donors (Lipinski definition) is 0. The zero-order chi connectivity index (χ0) is 9.72. The van der Waals surface area contributed by atoms with Gasteiger partial charge in [-0.3, -0.25) is 0 Å². The highest BCUT2D eigenvalue weighted by atomic mass is 16.5. The van der Waals surface area contributed by atoms with Crippen LogP contribution in [0.3, 0.4) is 0 Å². The largest absolute Gasteiger partial charge is 0.454 e. The fraction of sp³-hybridized carbons (Fsp3) is 0.333. The van der Waals surface area contributed by atoms with Gasteiger partial charge in [0.1, 0.15) is 6.10 Å². The molecule has 0 aromatic rings. The van der Waals surface area contributed by atoms with Crippen molar-refractivity contribution in [3.05, 3.63) is 24.3 Å². The van der Waals surface area contributed by atoms with E-state index in [1.807, 2.05) is 6.07 Å². The topological polar surface area (TPSA) is 50.1 Å². The van der Waals surface area contributed by atoms with E-state index in [2.05, 4.69) is 13.2 Å². The van der Waals surface area contributed by atoms with Crippen molar-refractivity contribution in [2.45, 2.75) is 20.0 Å². The highest BCUT2D eigenvalue weighted by Gasteiger charge is 2.11. The molecular weight excluding hydrogens is 154 g/mol. The summed E-state index contributed by atoms with van der Waals surface area (Å²) >= 11 is 0. The number of esters is 1. The number of nitriles is 1. The number of ether oxygens (including phenoxy) is 1. The van der Waals surface area contributed by atoms with Crippen LogP contribution in [0.2, 0.25) is 0 Å². The van der Waals surface area contributed by atoms with E-state index in [4.69, 9.17) is 10.00 Å². The second kappa shape index (κ2) is 4.35. The Morgan fingerprint density at radius 2 is 2.08 bits per heavy atom. The summed E-state index contributed by atoms with van der Waals surface area (Å²) in [6.07, 6.45) is -0.570. The van der Waals surface area contributed by atoms with Gasteiger partial charge in [-0.2, -0.15) is 5.26 Å². The minimum atomic E-state index is -0.570. The van der Waals surface area contributed by atoms with Crippen LogP contribution in [0.1, 0.15) is 13.8 Å². The Bertz CT molecular complexity index is 260. The monoisotopic (exact) mass is 165 g/mol. The molecule has 0 aliphatic rings. The molecule has 0 amide bonds. The standard InChI is InChI=1S/C9H11NO2/c1-6(2)9(11)12-8(4)7(3)5-10/h8H,1,3H2,2,4H3. The van der Waals surface area contributed by atoms with Crippen molar-refractivity contribution >= 4 is 5.97 Å². The van der Waals surface area contributed by atoms with E-state index in [9.17, 15) is 4.79 Å². The minimum Gasteiger partial charge on any atom is -0.454 e. The van der Waals surface area contributed by atoms with Gasteiger partial charge >= 0.3 is 5.97 Å². The first-order valence-electron chi connectivity index (χ1n) is 3.44. The van der Waals surface area contributed by atoms with Gasteiger partial charge in [0.2, 0.25) is 0 Å². The molecule has 64 valence electrons. The first-order valence-corrected chi connectivity index (χ1v) is 3.44. The number of hydrogen-bond acceptors (Lipinski definition) is 3. The Balaban J connectivity index is 4.12. The molecule has 0 N–H and O–H groups in total. The summed E-state index contributed by atoms with van der Waals surface area (Å²) < 4.78 is 4.80. The van der Waals surface area contributed by atoms with Crippen LogP contribution in [-0.4, -0.2) is 12.1 Å². The zero-order valence-electron chi connectivity index (χ0n) is 7.26. The van der Waals surface area contributed by atoms with Gasteiger partial charge < -0.3 is 4.74 Å². The zero-order valence-corrected chi connectivity index (χ0v) is 7.26. The predicted molar refractivity (Wildman–Crippen MR) is 45.1 cm³/mol. The maximum Gasteiger partial charge on any atom is 0.333 e. The van der Waals surface area contributed by atoms with Gasteiger partial charge in [0.05, 0.1) is 11.6 Å². The molecule has 0 heterocycles. The third-order valence-electron chi connectivity index (χ3n) is 1.27. The quantitative estimate of drug-likeness (QED) is 0.362. The molecule has 0 radical (unpaired) electrons. The van der Waals surface area contributed by atoms with Crippen LogP contribution in [0, 0.1) is 11.3 Å². The number of carbonyl (C=O) groups is 1. The van der Waals surface area contributed by atoms with Crippen LogP contribution in [0.4, 0.5) is 0 Å². The lowest BCUT2D eigenvalue weighted by Crippen LogP contribution is -2.16. The Morgan fingerprint density at radius 3 is 2.42 bits per heavy atom. The molecule has 3 nitrogen and oxygen atoms in total. The molecule has 1 atom stereocenters. The van der Waals surface area contributed by atoms with Crippen LogP contribution in [0.5, 0.6) is 0 Å². The smallest absolute Gasteiger partial charge is 0.333 e. The van der Waals surface area contributed by atoms with Crippen molar-refractivity contribution in [2.24, 2.45) is 0 Å². The summed E-state index contributed by atoms with van der Waals surface area (Å²) in [6, 6.07) is 1.81. The first kappa shape index (κ1) is 10.4. The van der Waals surface area contributed by atoms with Gasteiger partial charge in [-0.25, -0.2) is 4.79 Å². The molecule has 0 saturated heterocycles. The molecule has 12 heavy (non-hydrogen) atoms. The first-order chi connectivity index (χ1) is 5.49.